The number of carbonyl (C=O) groups is 1. The number of rotatable bonds is 5. The SMILES string of the molecule is CCC1CCCC(NCCC2CCCN2C(=O)OC(C)(C)C)C1. The molecule has 1 saturated heterocycles. The summed E-state index contributed by atoms with van der Waals surface area (Å²) in [5.41, 5.74) is -0.403. The quantitative estimate of drug-likeness (QED) is 0.818. The molecule has 1 saturated carbocycles. The summed E-state index contributed by atoms with van der Waals surface area (Å²) in [5.74, 6) is 0.908. The Kier molecular flexibility index (Phi) is 6.75. The van der Waals surface area contributed by atoms with Gasteiger partial charge in [-0.15, -0.1) is 0 Å². The zero-order valence-corrected chi connectivity index (χ0v) is 15.6. The maximum Gasteiger partial charge on any atom is 0.410 e. The number of carbonyl (C=O) groups excluding carboxylic acids is 1. The largest absolute Gasteiger partial charge is 0.444 e. The Labute approximate surface area is 142 Å². The molecule has 2 rings (SSSR count). The summed E-state index contributed by atoms with van der Waals surface area (Å²) in [6.07, 6.45) is 9.86. The molecule has 4 heteroatoms. The number of nitrogens with one attached hydrogen (secondary N) is 1. The third kappa shape index (κ3) is 5.98. The van der Waals surface area contributed by atoms with E-state index in [1.165, 1.54) is 32.1 Å². The van der Waals surface area contributed by atoms with Crippen LogP contribution in [0.4, 0.5) is 4.79 Å². The van der Waals surface area contributed by atoms with E-state index in [-0.39, 0.29) is 6.09 Å². The van der Waals surface area contributed by atoms with Gasteiger partial charge in [-0.1, -0.05) is 26.2 Å². The molecule has 1 N–H and O–H groups in total. The van der Waals surface area contributed by atoms with E-state index < -0.39 is 5.60 Å². The highest BCUT2D eigenvalue weighted by molar-refractivity contribution is 5.68. The van der Waals surface area contributed by atoms with Gasteiger partial charge in [0.05, 0.1) is 0 Å². The predicted molar refractivity (Wildman–Crippen MR) is 94.6 cm³/mol. The zero-order valence-electron chi connectivity index (χ0n) is 15.6. The molecule has 2 fully saturated rings. The van der Waals surface area contributed by atoms with E-state index in [0.29, 0.717) is 12.1 Å². The van der Waals surface area contributed by atoms with Gasteiger partial charge in [0.2, 0.25) is 0 Å². The van der Waals surface area contributed by atoms with E-state index in [1.54, 1.807) is 0 Å². The highest BCUT2D eigenvalue weighted by Gasteiger charge is 2.32. The fourth-order valence-corrected chi connectivity index (χ4v) is 4.00. The Morgan fingerprint density at radius 2 is 2.00 bits per heavy atom. The smallest absolute Gasteiger partial charge is 0.410 e. The van der Waals surface area contributed by atoms with Crippen LogP contribution in [0, 0.1) is 5.92 Å². The lowest BCUT2D eigenvalue weighted by molar-refractivity contribution is 0.0220. The van der Waals surface area contributed by atoms with Crippen molar-refractivity contribution in [2.45, 2.75) is 96.7 Å². The average Bonchev–Trinajstić information content (AvgIpc) is 2.94. The van der Waals surface area contributed by atoms with Crippen molar-refractivity contribution in [3.63, 3.8) is 0 Å². The minimum atomic E-state index is -0.403. The maximum atomic E-state index is 12.3. The summed E-state index contributed by atoms with van der Waals surface area (Å²) in [7, 11) is 0. The van der Waals surface area contributed by atoms with Crippen LogP contribution in [0.25, 0.3) is 0 Å². The number of hydrogen-bond donors (Lipinski definition) is 1. The van der Waals surface area contributed by atoms with Crippen LogP contribution in [-0.2, 0) is 4.74 Å². The van der Waals surface area contributed by atoms with Gasteiger partial charge in [-0.2, -0.15) is 0 Å². The minimum absolute atomic E-state index is 0.135. The van der Waals surface area contributed by atoms with E-state index in [9.17, 15) is 4.79 Å². The lowest BCUT2D eigenvalue weighted by Gasteiger charge is -2.31. The number of amides is 1. The van der Waals surface area contributed by atoms with Crippen LogP contribution in [-0.4, -0.2) is 41.8 Å². The Morgan fingerprint density at radius 3 is 2.70 bits per heavy atom. The van der Waals surface area contributed by atoms with Crippen LogP contribution in [0.1, 0.15) is 79.1 Å². The topological polar surface area (TPSA) is 41.6 Å². The second-order valence-electron chi connectivity index (χ2n) is 8.35. The van der Waals surface area contributed by atoms with Gasteiger partial charge < -0.3 is 15.0 Å². The Balaban J connectivity index is 1.73. The molecule has 4 nitrogen and oxygen atoms in total. The number of hydrogen-bond acceptors (Lipinski definition) is 3. The lowest BCUT2D eigenvalue weighted by atomic mass is 9.84. The van der Waals surface area contributed by atoms with Crippen molar-refractivity contribution >= 4 is 6.09 Å². The highest BCUT2D eigenvalue weighted by Crippen LogP contribution is 2.27. The Bertz CT molecular complexity index is 378. The van der Waals surface area contributed by atoms with Crippen LogP contribution in [0.5, 0.6) is 0 Å². The number of nitrogens with zero attached hydrogens (tertiary/aromatic N) is 1. The molecule has 3 atom stereocenters. The van der Waals surface area contributed by atoms with Gasteiger partial charge in [-0.05, 0) is 65.3 Å². The van der Waals surface area contributed by atoms with Gasteiger partial charge in [0.1, 0.15) is 5.60 Å². The van der Waals surface area contributed by atoms with Crippen molar-refractivity contribution in [3.8, 4) is 0 Å². The van der Waals surface area contributed by atoms with Crippen LogP contribution < -0.4 is 5.32 Å². The third-order valence-corrected chi connectivity index (χ3v) is 5.28. The minimum Gasteiger partial charge on any atom is -0.444 e. The molecule has 134 valence electrons. The van der Waals surface area contributed by atoms with Crippen LogP contribution in [0.2, 0.25) is 0 Å². The highest BCUT2D eigenvalue weighted by atomic mass is 16.6. The molecule has 0 bridgehead atoms. The first-order valence-corrected chi connectivity index (χ1v) is 9.62. The molecule has 1 heterocycles. The molecule has 0 aromatic heterocycles. The molecule has 0 spiro atoms. The summed E-state index contributed by atoms with van der Waals surface area (Å²) < 4.78 is 5.54. The summed E-state index contributed by atoms with van der Waals surface area (Å²) in [6, 6.07) is 1.04. The molecule has 1 aliphatic carbocycles. The molecular formula is C19H36N2O2. The van der Waals surface area contributed by atoms with Crippen molar-refractivity contribution in [3.05, 3.63) is 0 Å². The van der Waals surface area contributed by atoms with E-state index in [0.717, 1.165) is 38.3 Å². The van der Waals surface area contributed by atoms with Crippen molar-refractivity contribution in [2.24, 2.45) is 5.92 Å². The first-order chi connectivity index (χ1) is 10.9. The average molecular weight is 325 g/mol. The van der Waals surface area contributed by atoms with Crippen LogP contribution in [0.3, 0.4) is 0 Å². The van der Waals surface area contributed by atoms with Gasteiger partial charge in [0, 0.05) is 18.6 Å². The van der Waals surface area contributed by atoms with E-state index in [1.807, 2.05) is 25.7 Å². The fourth-order valence-electron chi connectivity index (χ4n) is 4.00. The van der Waals surface area contributed by atoms with Gasteiger partial charge in [-0.3, -0.25) is 0 Å². The molecule has 1 amide bonds. The molecule has 2 aliphatic rings. The van der Waals surface area contributed by atoms with Gasteiger partial charge in [0.15, 0.2) is 0 Å². The molecule has 1 aliphatic heterocycles. The lowest BCUT2D eigenvalue weighted by Crippen LogP contribution is -2.42. The van der Waals surface area contributed by atoms with Crippen LogP contribution >= 0.6 is 0 Å². The third-order valence-electron chi connectivity index (χ3n) is 5.28. The van der Waals surface area contributed by atoms with Gasteiger partial charge in [-0.25, -0.2) is 4.79 Å². The molecule has 0 aromatic rings. The van der Waals surface area contributed by atoms with Crippen molar-refractivity contribution < 1.29 is 9.53 Å². The summed E-state index contributed by atoms with van der Waals surface area (Å²) in [5, 5.41) is 3.74. The first kappa shape index (κ1) is 18.6. The summed E-state index contributed by atoms with van der Waals surface area (Å²) in [4.78, 5) is 14.2. The Hall–Kier alpha value is -0.770. The number of ether oxygens (including phenoxy) is 1. The van der Waals surface area contributed by atoms with Crippen molar-refractivity contribution in [1.29, 1.82) is 0 Å². The molecular weight excluding hydrogens is 288 g/mol. The summed E-state index contributed by atoms with van der Waals surface area (Å²) >= 11 is 0. The predicted octanol–water partition coefficient (Wildman–Crippen LogP) is 4.33. The zero-order chi connectivity index (χ0) is 16.9. The van der Waals surface area contributed by atoms with Crippen LogP contribution in [0.15, 0.2) is 0 Å². The Morgan fingerprint density at radius 1 is 1.22 bits per heavy atom. The van der Waals surface area contributed by atoms with E-state index >= 15 is 0 Å². The second kappa shape index (κ2) is 8.36. The second-order valence-corrected chi connectivity index (χ2v) is 8.35. The van der Waals surface area contributed by atoms with Gasteiger partial charge >= 0.3 is 6.09 Å². The number of likely N-dealkylation sites (tertiary alicyclic amines) is 1. The first-order valence-electron chi connectivity index (χ1n) is 9.62. The molecule has 0 radical (unpaired) electrons. The monoisotopic (exact) mass is 324 g/mol. The maximum absolute atomic E-state index is 12.3. The van der Waals surface area contributed by atoms with Gasteiger partial charge in [0.25, 0.3) is 0 Å². The van der Waals surface area contributed by atoms with Crippen molar-refractivity contribution in [2.75, 3.05) is 13.1 Å². The van der Waals surface area contributed by atoms with Crippen molar-refractivity contribution in [1.82, 2.24) is 10.2 Å². The molecule has 0 aromatic carbocycles. The standard InChI is InChI=1S/C19H36N2O2/c1-5-15-8-6-9-16(14-15)20-12-11-17-10-7-13-21(17)18(22)23-19(2,3)4/h15-17,20H,5-14H2,1-4H3. The summed E-state index contributed by atoms with van der Waals surface area (Å²) in [6.45, 7) is 9.98. The molecule has 23 heavy (non-hydrogen) atoms. The van der Waals surface area contributed by atoms with E-state index in [2.05, 4.69) is 12.2 Å². The molecule has 3 unspecified atom stereocenters. The van der Waals surface area contributed by atoms with E-state index in [4.69, 9.17) is 4.74 Å². The normalized spacial score (nSPS) is 28.9. The fraction of sp³-hybridized carbons (Fsp3) is 0.947.